The first-order chi connectivity index (χ1) is 12.1. The maximum atomic E-state index is 12.9. The Kier molecular flexibility index (Phi) is 5.94. The Morgan fingerprint density at radius 1 is 0.960 bits per heavy atom. The third kappa shape index (κ3) is 4.96. The van der Waals surface area contributed by atoms with Crippen molar-refractivity contribution < 1.29 is 13.9 Å². The van der Waals surface area contributed by atoms with E-state index >= 15 is 0 Å². The molecule has 1 saturated heterocycles. The van der Waals surface area contributed by atoms with Crippen molar-refractivity contribution in [2.45, 2.75) is 18.9 Å². The highest BCUT2D eigenvalue weighted by Gasteiger charge is 2.18. The first-order valence-electron chi connectivity index (χ1n) is 8.64. The van der Waals surface area contributed by atoms with Crippen LogP contribution in [0.3, 0.4) is 0 Å². The summed E-state index contributed by atoms with van der Waals surface area (Å²) < 4.78 is 25.8. The van der Waals surface area contributed by atoms with Gasteiger partial charge >= 0.3 is 0 Å². The van der Waals surface area contributed by atoms with Gasteiger partial charge in [-0.3, -0.25) is 4.90 Å². The van der Waals surface area contributed by atoms with Crippen molar-refractivity contribution in [2.75, 3.05) is 37.6 Å². The van der Waals surface area contributed by atoms with Crippen LogP contribution >= 0.6 is 0 Å². The number of rotatable bonds is 6. The highest BCUT2D eigenvalue weighted by molar-refractivity contribution is 5.38. The second-order valence-electron chi connectivity index (χ2n) is 6.37. The largest absolute Gasteiger partial charge is 0.388 e. The van der Waals surface area contributed by atoms with Gasteiger partial charge in [0.1, 0.15) is 17.5 Å². The Hall–Kier alpha value is -2.05. The zero-order valence-corrected chi connectivity index (χ0v) is 14.1. The molecule has 1 fully saturated rings. The summed E-state index contributed by atoms with van der Waals surface area (Å²) in [5.41, 5.74) is 0.758. The van der Waals surface area contributed by atoms with E-state index in [1.807, 2.05) is 0 Å². The minimum absolute atomic E-state index is 0.288. The van der Waals surface area contributed by atoms with Gasteiger partial charge in [-0.2, -0.15) is 0 Å². The zero-order valence-electron chi connectivity index (χ0n) is 14.1. The van der Waals surface area contributed by atoms with Gasteiger partial charge < -0.3 is 10.0 Å². The molecule has 1 aliphatic heterocycles. The lowest BCUT2D eigenvalue weighted by Crippen LogP contribution is -2.46. The van der Waals surface area contributed by atoms with Crippen LogP contribution in [0, 0.1) is 11.6 Å². The van der Waals surface area contributed by atoms with Crippen LogP contribution in [0.5, 0.6) is 0 Å². The lowest BCUT2D eigenvalue weighted by atomic mass is 10.0. The highest BCUT2D eigenvalue weighted by atomic mass is 19.1. The molecule has 0 aliphatic carbocycles. The van der Waals surface area contributed by atoms with E-state index in [1.165, 1.54) is 24.4 Å². The van der Waals surface area contributed by atoms with E-state index in [1.54, 1.807) is 18.2 Å². The molecule has 1 atom stereocenters. The van der Waals surface area contributed by atoms with E-state index < -0.39 is 6.10 Å². The average Bonchev–Trinajstić information content (AvgIpc) is 2.63. The lowest BCUT2D eigenvalue weighted by molar-refractivity contribution is 0.154. The number of aliphatic hydroxyl groups excluding tert-OH is 1. The van der Waals surface area contributed by atoms with Gasteiger partial charge in [0.2, 0.25) is 0 Å². The summed E-state index contributed by atoms with van der Waals surface area (Å²) in [4.78, 5) is 8.64. The molecule has 1 N–H and O–H groups in total. The van der Waals surface area contributed by atoms with E-state index in [4.69, 9.17) is 0 Å². The maximum absolute atomic E-state index is 12.9. The number of halogens is 2. The van der Waals surface area contributed by atoms with Crippen LogP contribution in [0.2, 0.25) is 0 Å². The number of nitrogens with zero attached hydrogens (tertiary/aromatic N) is 3. The number of piperazine rings is 1. The number of aliphatic hydroxyl groups is 1. The van der Waals surface area contributed by atoms with E-state index in [0.717, 1.165) is 50.5 Å². The third-order valence-corrected chi connectivity index (χ3v) is 4.61. The van der Waals surface area contributed by atoms with Crippen LogP contribution in [0.15, 0.2) is 42.6 Å². The summed E-state index contributed by atoms with van der Waals surface area (Å²) in [6, 6.07) is 9.17. The topological polar surface area (TPSA) is 39.6 Å². The molecule has 1 aliphatic rings. The van der Waals surface area contributed by atoms with E-state index in [-0.39, 0.29) is 11.6 Å². The van der Waals surface area contributed by atoms with Gasteiger partial charge in [0, 0.05) is 26.2 Å². The molecule has 0 spiro atoms. The van der Waals surface area contributed by atoms with Crippen molar-refractivity contribution in [3.63, 3.8) is 0 Å². The van der Waals surface area contributed by atoms with Crippen LogP contribution in [0.25, 0.3) is 0 Å². The minimum atomic E-state index is -0.551. The minimum Gasteiger partial charge on any atom is -0.388 e. The van der Waals surface area contributed by atoms with E-state index in [0.29, 0.717) is 6.42 Å². The summed E-state index contributed by atoms with van der Waals surface area (Å²) in [6.07, 6.45) is 2.24. The molecule has 134 valence electrons. The molecular weight excluding hydrogens is 324 g/mol. The fourth-order valence-corrected chi connectivity index (χ4v) is 3.12. The molecule has 1 aromatic heterocycles. The number of hydrogen-bond acceptors (Lipinski definition) is 4. The molecule has 6 heteroatoms. The van der Waals surface area contributed by atoms with Gasteiger partial charge in [-0.05, 0) is 49.2 Å². The summed E-state index contributed by atoms with van der Waals surface area (Å²) >= 11 is 0. The third-order valence-electron chi connectivity index (χ3n) is 4.61. The smallest absolute Gasteiger partial charge is 0.141 e. The number of pyridine rings is 1. The molecule has 4 nitrogen and oxygen atoms in total. The Morgan fingerprint density at radius 2 is 1.64 bits per heavy atom. The molecule has 2 heterocycles. The molecule has 1 unspecified atom stereocenters. The Labute approximate surface area is 146 Å². The molecular formula is C19H23F2N3O. The fraction of sp³-hybridized carbons (Fsp3) is 0.421. The Bertz CT molecular complexity index is 655. The number of benzene rings is 1. The predicted octanol–water partition coefficient (Wildman–Crippen LogP) is 3.00. The second-order valence-corrected chi connectivity index (χ2v) is 6.37. The molecule has 1 aromatic carbocycles. The average molecular weight is 347 g/mol. The summed E-state index contributed by atoms with van der Waals surface area (Å²) in [6.45, 7) is 4.48. The molecule has 2 aromatic rings. The van der Waals surface area contributed by atoms with Gasteiger partial charge in [-0.1, -0.05) is 12.1 Å². The van der Waals surface area contributed by atoms with Gasteiger partial charge in [-0.25, -0.2) is 13.8 Å². The molecule has 0 bridgehead atoms. The maximum Gasteiger partial charge on any atom is 0.141 e. The molecule has 0 saturated carbocycles. The Balaban J connectivity index is 1.39. The standard InChI is InChI=1S/C19H23F2N3O/c20-16-5-3-15(4-6-16)18(25)2-1-9-23-10-12-24(13-11-23)19-8-7-17(21)14-22-19/h3-8,14,18,25H,1-2,9-13H2. The number of aromatic nitrogens is 1. The quantitative estimate of drug-likeness (QED) is 0.872. The van der Waals surface area contributed by atoms with Crippen molar-refractivity contribution in [3.05, 3.63) is 59.8 Å². The SMILES string of the molecule is OC(CCCN1CCN(c2ccc(F)cn2)CC1)c1ccc(F)cc1. The molecule has 0 radical (unpaired) electrons. The first kappa shape index (κ1) is 17.8. The van der Waals surface area contributed by atoms with Crippen LogP contribution in [-0.2, 0) is 0 Å². The van der Waals surface area contributed by atoms with E-state index in [9.17, 15) is 13.9 Å². The molecule has 3 rings (SSSR count). The predicted molar refractivity (Wildman–Crippen MR) is 93.4 cm³/mol. The normalized spacial score (nSPS) is 16.8. The van der Waals surface area contributed by atoms with Crippen molar-refractivity contribution in [1.82, 2.24) is 9.88 Å². The first-order valence-corrected chi connectivity index (χ1v) is 8.64. The van der Waals surface area contributed by atoms with Crippen molar-refractivity contribution in [1.29, 1.82) is 0 Å². The van der Waals surface area contributed by atoms with Crippen LogP contribution in [-0.4, -0.2) is 47.7 Å². The van der Waals surface area contributed by atoms with Gasteiger partial charge in [0.25, 0.3) is 0 Å². The molecule has 0 amide bonds. The number of anilines is 1. The van der Waals surface area contributed by atoms with Crippen LogP contribution < -0.4 is 4.90 Å². The zero-order chi connectivity index (χ0) is 17.6. The molecule has 25 heavy (non-hydrogen) atoms. The highest BCUT2D eigenvalue weighted by Crippen LogP contribution is 2.19. The summed E-state index contributed by atoms with van der Waals surface area (Å²) in [5, 5.41) is 10.2. The van der Waals surface area contributed by atoms with Crippen LogP contribution in [0.4, 0.5) is 14.6 Å². The van der Waals surface area contributed by atoms with Gasteiger partial charge in [-0.15, -0.1) is 0 Å². The second kappa shape index (κ2) is 8.36. The monoisotopic (exact) mass is 347 g/mol. The fourth-order valence-electron chi connectivity index (χ4n) is 3.12. The van der Waals surface area contributed by atoms with Crippen LogP contribution in [0.1, 0.15) is 24.5 Å². The van der Waals surface area contributed by atoms with Crippen molar-refractivity contribution in [3.8, 4) is 0 Å². The van der Waals surface area contributed by atoms with Crippen molar-refractivity contribution >= 4 is 5.82 Å². The number of hydrogen-bond donors (Lipinski definition) is 1. The van der Waals surface area contributed by atoms with E-state index in [2.05, 4.69) is 14.8 Å². The van der Waals surface area contributed by atoms with Crippen molar-refractivity contribution in [2.24, 2.45) is 0 Å². The summed E-state index contributed by atoms with van der Waals surface area (Å²) in [5.74, 6) is 0.208. The van der Waals surface area contributed by atoms with Gasteiger partial charge in [0.15, 0.2) is 0 Å². The van der Waals surface area contributed by atoms with Gasteiger partial charge in [0.05, 0.1) is 12.3 Å². The Morgan fingerprint density at radius 3 is 2.28 bits per heavy atom. The summed E-state index contributed by atoms with van der Waals surface area (Å²) in [7, 11) is 0. The lowest BCUT2D eigenvalue weighted by Gasteiger charge is -2.35.